The molecule has 1 rings (SSSR count). The number of pyridine rings is 1. The van der Waals surface area contributed by atoms with E-state index >= 15 is 0 Å². The maximum absolute atomic E-state index is 11.7. The fraction of sp³-hybridized carbons (Fsp3) is 0.538. The summed E-state index contributed by atoms with van der Waals surface area (Å²) in [5.41, 5.74) is -0.0133. The van der Waals surface area contributed by atoms with Crippen LogP contribution in [0.1, 0.15) is 45.0 Å². The smallest absolute Gasteiger partial charge is 0.340 e. The molecule has 4 heteroatoms. The van der Waals surface area contributed by atoms with Crippen LogP contribution in [-0.4, -0.2) is 22.6 Å². The molecule has 17 heavy (non-hydrogen) atoms. The lowest BCUT2D eigenvalue weighted by atomic mass is 10.2. The van der Waals surface area contributed by atoms with Crippen LogP contribution in [0.5, 0.6) is 0 Å². The molecule has 1 N–H and O–H groups in total. The van der Waals surface area contributed by atoms with Crippen LogP contribution in [0.15, 0.2) is 18.3 Å². The third-order valence-electron chi connectivity index (χ3n) is 1.83. The van der Waals surface area contributed by atoms with E-state index in [1.54, 1.807) is 12.1 Å². The van der Waals surface area contributed by atoms with Gasteiger partial charge >= 0.3 is 5.97 Å². The first kappa shape index (κ1) is 13.5. The maximum atomic E-state index is 11.7. The van der Waals surface area contributed by atoms with Crippen LogP contribution in [0.3, 0.4) is 0 Å². The number of nitrogens with one attached hydrogen (secondary N) is 1. The van der Waals surface area contributed by atoms with Crippen molar-refractivity contribution in [3.63, 3.8) is 0 Å². The molecule has 0 saturated heterocycles. The molecule has 0 aliphatic carbocycles. The van der Waals surface area contributed by atoms with Gasteiger partial charge in [0.05, 0.1) is 5.56 Å². The summed E-state index contributed by atoms with van der Waals surface area (Å²) >= 11 is 0. The summed E-state index contributed by atoms with van der Waals surface area (Å²) in [4.78, 5) is 15.9. The van der Waals surface area contributed by atoms with E-state index in [-0.39, 0.29) is 5.97 Å². The average Bonchev–Trinajstić information content (AvgIpc) is 2.15. The zero-order valence-electron chi connectivity index (χ0n) is 11.1. The third-order valence-corrected chi connectivity index (χ3v) is 1.83. The van der Waals surface area contributed by atoms with Crippen molar-refractivity contribution in [2.75, 3.05) is 5.32 Å². The Hall–Kier alpha value is -1.58. The van der Waals surface area contributed by atoms with Crippen molar-refractivity contribution in [3.05, 3.63) is 23.9 Å². The van der Waals surface area contributed by atoms with Gasteiger partial charge in [0.2, 0.25) is 0 Å². The van der Waals surface area contributed by atoms with Gasteiger partial charge in [-0.2, -0.15) is 0 Å². The van der Waals surface area contributed by atoms with Gasteiger partial charge in [-0.1, -0.05) is 0 Å². The Kier molecular flexibility index (Phi) is 4.10. The minimum absolute atomic E-state index is 0.315. The molecule has 0 bridgehead atoms. The Labute approximate surface area is 102 Å². The number of ether oxygens (including phenoxy) is 1. The predicted molar refractivity (Wildman–Crippen MR) is 68.2 cm³/mol. The van der Waals surface area contributed by atoms with Crippen molar-refractivity contribution in [3.8, 4) is 0 Å². The van der Waals surface area contributed by atoms with Gasteiger partial charge in [0.25, 0.3) is 0 Å². The van der Waals surface area contributed by atoms with Crippen LogP contribution in [0.2, 0.25) is 0 Å². The van der Waals surface area contributed by atoms with Crippen molar-refractivity contribution >= 4 is 11.8 Å². The van der Waals surface area contributed by atoms with Crippen LogP contribution in [-0.2, 0) is 4.74 Å². The van der Waals surface area contributed by atoms with E-state index in [0.29, 0.717) is 11.6 Å². The fourth-order valence-corrected chi connectivity index (χ4v) is 1.23. The number of rotatable bonds is 3. The second-order valence-corrected chi connectivity index (χ2v) is 5.23. The highest BCUT2D eigenvalue weighted by Gasteiger charge is 2.17. The molecule has 0 unspecified atom stereocenters. The van der Waals surface area contributed by atoms with Crippen LogP contribution in [0, 0.1) is 0 Å². The molecule has 0 saturated carbocycles. The summed E-state index contributed by atoms with van der Waals surface area (Å²) in [7, 11) is 0. The molecule has 0 aliphatic heterocycles. The first-order valence-corrected chi connectivity index (χ1v) is 5.74. The van der Waals surface area contributed by atoms with Crippen LogP contribution in [0.25, 0.3) is 0 Å². The molecule has 0 spiro atoms. The Balaban J connectivity index is 2.71. The number of hydrogen-bond donors (Lipinski definition) is 1. The number of carbonyl (C=O) groups is 1. The molecule has 94 valence electrons. The van der Waals surface area contributed by atoms with Gasteiger partial charge in [-0.25, -0.2) is 9.78 Å². The van der Waals surface area contributed by atoms with E-state index in [0.717, 1.165) is 5.82 Å². The molecule has 0 amide bonds. The Morgan fingerprint density at radius 1 is 1.35 bits per heavy atom. The molecular weight excluding hydrogens is 216 g/mol. The van der Waals surface area contributed by atoms with E-state index in [1.165, 1.54) is 6.20 Å². The van der Waals surface area contributed by atoms with Gasteiger partial charge in [0.15, 0.2) is 0 Å². The Morgan fingerprint density at radius 3 is 2.41 bits per heavy atom. The van der Waals surface area contributed by atoms with Crippen molar-refractivity contribution in [2.45, 2.75) is 46.3 Å². The molecule has 1 aromatic rings. The molecule has 1 aromatic heterocycles. The van der Waals surface area contributed by atoms with Crippen molar-refractivity contribution in [2.24, 2.45) is 0 Å². The molecular formula is C13H20N2O2. The van der Waals surface area contributed by atoms with Gasteiger partial charge in [-0.05, 0) is 46.8 Å². The summed E-state index contributed by atoms with van der Waals surface area (Å²) in [6.07, 6.45) is 1.53. The lowest BCUT2D eigenvalue weighted by Crippen LogP contribution is -2.24. The van der Waals surface area contributed by atoms with E-state index < -0.39 is 5.60 Å². The molecule has 0 fully saturated rings. The number of nitrogens with zero attached hydrogens (tertiary/aromatic N) is 1. The highest BCUT2D eigenvalue weighted by molar-refractivity contribution is 5.89. The zero-order valence-corrected chi connectivity index (χ0v) is 11.1. The number of carbonyl (C=O) groups excluding carboxylic acids is 1. The third kappa shape index (κ3) is 4.85. The quantitative estimate of drug-likeness (QED) is 0.820. The van der Waals surface area contributed by atoms with E-state index in [9.17, 15) is 4.79 Å². The predicted octanol–water partition coefficient (Wildman–Crippen LogP) is 2.86. The largest absolute Gasteiger partial charge is 0.456 e. The topological polar surface area (TPSA) is 51.2 Å². The van der Waals surface area contributed by atoms with Gasteiger partial charge in [0.1, 0.15) is 11.4 Å². The lowest BCUT2D eigenvalue weighted by molar-refractivity contribution is 0.00691. The summed E-state index contributed by atoms with van der Waals surface area (Å²) in [6, 6.07) is 3.81. The monoisotopic (exact) mass is 236 g/mol. The summed E-state index contributed by atoms with van der Waals surface area (Å²) < 4.78 is 5.25. The average molecular weight is 236 g/mol. The molecule has 0 atom stereocenters. The highest BCUT2D eigenvalue weighted by Crippen LogP contribution is 2.13. The first-order valence-electron chi connectivity index (χ1n) is 5.74. The molecule has 0 aromatic carbocycles. The van der Waals surface area contributed by atoms with Gasteiger partial charge < -0.3 is 10.1 Å². The molecule has 0 aliphatic rings. The van der Waals surface area contributed by atoms with Gasteiger partial charge in [-0.3, -0.25) is 0 Å². The highest BCUT2D eigenvalue weighted by atomic mass is 16.6. The second-order valence-electron chi connectivity index (χ2n) is 5.23. The summed E-state index contributed by atoms with van der Waals surface area (Å²) in [5, 5.41) is 3.16. The Bertz CT molecular complexity index is 377. The first-order chi connectivity index (χ1) is 7.78. The minimum atomic E-state index is -0.480. The number of hydrogen-bond acceptors (Lipinski definition) is 4. The summed E-state index contributed by atoms with van der Waals surface area (Å²) in [6.45, 7) is 9.58. The minimum Gasteiger partial charge on any atom is -0.456 e. The molecule has 0 radical (unpaired) electrons. The number of anilines is 1. The van der Waals surface area contributed by atoms with Gasteiger partial charge in [0, 0.05) is 12.2 Å². The van der Waals surface area contributed by atoms with E-state index in [1.807, 2.05) is 34.6 Å². The van der Waals surface area contributed by atoms with Crippen molar-refractivity contribution in [1.29, 1.82) is 0 Å². The molecule has 1 heterocycles. The standard InChI is InChI=1S/C13H20N2O2/c1-9(2)15-11-7-6-10(8-14-11)12(16)17-13(3,4)5/h6-9H,1-5H3,(H,14,15). The number of esters is 1. The van der Waals surface area contributed by atoms with E-state index in [4.69, 9.17) is 4.74 Å². The normalized spacial score (nSPS) is 11.4. The lowest BCUT2D eigenvalue weighted by Gasteiger charge is -2.19. The van der Waals surface area contributed by atoms with E-state index in [2.05, 4.69) is 10.3 Å². The van der Waals surface area contributed by atoms with Crippen molar-refractivity contribution in [1.82, 2.24) is 4.98 Å². The maximum Gasteiger partial charge on any atom is 0.340 e. The van der Waals surface area contributed by atoms with Crippen molar-refractivity contribution < 1.29 is 9.53 Å². The Morgan fingerprint density at radius 2 is 2.00 bits per heavy atom. The number of aromatic nitrogens is 1. The van der Waals surface area contributed by atoms with Crippen LogP contribution < -0.4 is 5.32 Å². The van der Waals surface area contributed by atoms with Crippen LogP contribution in [0.4, 0.5) is 5.82 Å². The zero-order chi connectivity index (χ0) is 13.1. The summed E-state index contributed by atoms with van der Waals surface area (Å²) in [5.74, 6) is 0.411. The second kappa shape index (κ2) is 5.17. The van der Waals surface area contributed by atoms with Gasteiger partial charge in [-0.15, -0.1) is 0 Å². The SMILES string of the molecule is CC(C)Nc1ccc(C(=O)OC(C)(C)C)cn1. The fourth-order valence-electron chi connectivity index (χ4n) is 1.23. The van der Waals surface area contributed by atoms with Crippen LogP contribution >= 0.6 is 0 Å². The molecule has 4 nitrogen and oxygen atoms in total.